The Labute approximate surface area is 126 Å². The molecule has 0 aromatic carbocycles. The summed E-state index contributed by atoms with van der Waals surface area (Å²) in [5.74, 6) is 0. The molecule has 2 rings (SSSR count). The fourth-order valence-corrected chi connectivity index (χ4v) is 2.52. The van der Waals surface area contributed by atoms with E-state index in [0.717, 1.165) is 5.69 Å². The van der Waals surface area contributed by atoms with Crippen LogP contribution in [0.25, 0.3) is 0 Å². The third-order valence-electron chi connectivity index (χ3n) is 2.48. The van der Waals surface area contributed by atoms with Crippen LogP contribution in [-0.4, -0.2) is 16.0 Å². The SMILES string of the molecule is CC(C)(C)c1csc(NC(=O)Nc2ccnc(Cl)c2)n1. The Hall–Kier alpha value is -1.66. The molecule has 0 bridgehead atoms. The first-order valence-corrected chi connectivity index (χ1v) is 7.26. The molecule has 2 aromatic heterocycles. The van der Waals surface area contributed by atoms with Crippen LogP contribution in [0.15, 0.2) is 23.7 Å². The van der Waals surface area contributed by atoms with Gasteiger partial charge >= 0.3 is 6.03 Å². The molecule has 106 valence electrons. The molecule has 0 saturated carbocycles. The lowest BCUT2D eigenvalue weighted by atomic mass is 9.93. The Morgan fingerprint density at radius 3 is 2.70 bits per heavy atom. The van der Waals surface area contributed by atoms with Gasteiger partial charge in [-0.25, -0.2) is 14.8 Å². The molecule has 0 aliphatic heterocycles. The number of hydrogen-bond donors (Lipinski definition) is 2. The second kappa shape index (κ2) is 5.76. The van der Waals surface area contributed by atoms with Crippen LogP contribution in [0.5, 0.6) is 0 Å². The second-order valence-corrected chi connectivity index (χ2v) is 6.48. The van der Waals surface area contributed by atoms with Crippen LogP contribution in [0.4, 0.5) is 15.6 Å². The van der Waals surface area contributed by atoms with E-state index in [-0.39, 0.29) is 11.4 Å². The van der Waals surface area contributed by atoms with Crippen LogP contribution in [-0.2, 0) is 5.41 Å². The summed E-state index contributed by atoms with van der Waals surface area (Å²) in [6.07, 6.45) is 1.53. The number of nitrogens with zero attached hydrogens (tertiary/aromatic N) is 2. The van der Waals surface area contributed by atoms with Gasteiger partial charge < -0.3 is 5.32 Å². The molecule has 0 atom stereocenters. The number of halogens is 1. The van der Waals surface area contributed by atoms with E-state index in [4.69, 9.17) is 11.6 Å². The molecule has 2 aromatic rings. The second-order valence-electron chi connectivity index (χ2n) is 5.23. The van der Waals surface area contributed by atoms with E-state index in [1.54, 1.807) is 12.1 Å². The van der Waals surface area contributed by atoms with Gasteiger partial charge in [0.2, 0.25) is 0 Å². The predicted octanol–water partition coefficient (Wildman–Crippen LogP) is 4.13. The van der Waals surface area contributed by atoms with Gasteiger partial charge in [-0.2, -0.15) is 0 Å². The summed E-state index contributed by atoms with van der Waals surface area (Å²) in [7, 11) is 0. The number of aromatic nitrogens is 2. The molecule has 7 heteroatoms. The lowest BCUT2D eigenvalue weighted by Gasteiger charge is -2.14. The molecular weight excluding hydrogens is 296 g/mol. The van der Waals surface area contributed by atoms with Crippen LogP contribution in [0.3, 0.4) is 0 Å². The van der Waals surface area contributed by atoms with Gasteiger partial charge in [0.05, 0.1) is 5.69 Å². The maximum Gasteiger partial charge on any atom is 0.325 e. The first-order valence-electron chi connectivity index (χ1n) is 6.00. The molecule has 2 heterocycles. The maximum absolute atomic E-state index is 11.8. The number of hydrogen-bond acceptors (Lipinski definition) is 4. The Morgan fingerprint density at radius 1 is 1.35 bits per heavy atom. The van der Waals surface area contributed by atoms with Crippen molar-refractivity contribution in [1.82, 2.24) is 9.97 Å². The Kier molecular flexibility index (Phi) is 4.25. The highest BCUT2D eigenvalue weighted by atomic mass is 35.5. The van der Waals surface area contributed by atoms with E-state index in [0.29, 0.717) is 16.0 Å². The minimum absolute atomic E-state index is 0.0362. The Bertz CT molecular complexity index is 621. The molecule has 0 aliphatic rings. The van der Waals surface area contributed by atoms with Crippen molar-refractivity contribution in [3.05, 3.63) is 34.6 Å². The predicted molar refractivity (Wildman–Crippen MR) is 82.7 cm³/mol. The molecule has 2 amide bonds. The summed E-state index contributed by atoms with van der Waals surface area (Å²) in [4.78, 5) is 20.1. The molecule has 0 spiro atoms. The summed E-state index contributed by atoms with van der Waals surface area (Å²) >= 11 is 7.15. The summed E-state index contributed by atoms with van der Waals surface area (Å²) in [6, 6.07) is 2.87. The van der Waals surface area contributed by atoms with Gasteiger partial charge in [-0.15, -0.1) is 11.3 Å². The van der Waals surface area contributed by atoms with E-state index in [9.17, 15) is 4.79 Å². The molecule has 0 radical (unpaired) electrons. The van der Waals surface area contributed by atoms with Crippen LogP contribution in [0.2, 0.25) is 5.15 Å². The zero-order chi connectivity index (χ0) is 14.8. The van der Waals surface area contributed by atoms with Crippen molar-refractivity contribution in [2.75, 3.05) is 10.6 Å². The number of anilines is 2. The van der Waals surface area contributed by atoms with E-state index in [2.05, 4.69) is 41.4 Å². The van der Waals surface area contributed by atoms with Crippen molar-refractivity contribution in [2.45, 2.75) is 26.2 Å². The molecule has 2 N–H and O–H groups in total. The fourth-order valence-electron chi connectivity index (χ4n) is 1.42. The molecule has 0 aliphatic carbocycles. The molecule has 5 nitrogen and oxygen atoms in total. The fraction of sp³-hybridized carbons (Fsp3) is 0.308. The van der Waals surface area contributed by atoms with Gasteiger partial charge in [-0.3, -0.25) is 5.32 Å². The lowest BCUT2D eigenvalue weighted by molar-refractivity contribution is 0.262. The van der Waals surface area contributed by atoms with Crippen molar-refractivity contribution in [1.29, 1.82) is 0 Å². The number of nitrogens with one attached hydrogen (secondary N) is 2. The minimum atomic E-state index is -0.359. The first-order chi connectivity index (χ1) is 9.34. The van der Waals surface area contributed by atoms with Crippen LogP contribution < -0.4 is 10.6 Å². The third-order valence-corrected chi connectivity index (χ3v) is 3.44. The smallest absolute Gasteiger partial charge is 0.307 e. The standard InChI is InChI=1S/C13H15ClN4OS/c1-13(2,3)9-7-20-12(17-9)18-11(19)16-8-4-5-15-10(14)6-8/h4-7H,1-3H3,(H2,15,16,17,18,19). The van der Waals surface area contributed by atoms with E-state index >= 15 is 0 Å². The van der Waals surface area contributed by atoms with Crippen molar-refractivity contribution in [2.24, 2.45) is 0 Å². The van der Waals surface area contributed by atoms with Gasteiger partial charge in [0.15, 0.2) is 5.13 Å². The highest BCUT2D eigenvalue weighted by molar-refractivity contribution is 7.14. The largest absolute Gasteiger partial charge is 0.325 e. The maximum atomic E-state index is 11.8. The number of amides is 2. The molecule has 0 unspecified atom stereocenters. The topological polar surface area (TPSA) is 66.9 Å². The van der Waals surface area contributed by atoms with Gasteiger partial charge in [-0.1, -0.05) is 32.4 Å². The van der Waals surface area contributed by atoms with Crippen LogP contribution in [0, 0.1) is 0 Å². The molecule has 20 heavy (non-hydrogen) atoms. The van der Waals surface area contributed by atoms with Gasteiger partial charge in [0, 0.05) is 22.7 Å². The Balaban J connectivity index is 2.00. The van der Waals surface area contributed by atoms with Crippen molar-refractivity contribution < 1.29 is 4.79 Å². The third kappa shape index (κ3) is 3.91. The van der Waals surface area contributed by atoms with E-state index in [1.807, 2.05) is 5.38 Å². The number of urea groups is 1. The van der Waals surface area contributed by atoms with Crippen LogP contribution in [0.1, 0.15) is 26.5 Å². The summed E-state index contributed by atoms with van der Waals surface area (Å²) in [6.45, 7) is 6.22. The highest BCUT2D eigenvalue weighted by Gasteiger charge is 2.18. The normalized spacial score (nSPS) is 11.2. The average Bonchev–Trinajstić information content (AvgIpc) is 2.76. The monoisotopic (exact) mass is 310 g/mol. The van der Waals surface area contributed by atoms with Crippen molar-refractivity contribution >= 4 is 39.8 Å². The quantitative estimate of drug-likeness (QED) is 0.819. The number of carbonyl (C=O) groups is 1. The van der Waals surface area contributed by atoms with Gasteiger partial charge in [0.1, 0.15) is 5.15 Å². The zero-order valence-electron chi connectivity index (χ0n) is 11.4. The average molecular weight is 311 g/mol. The summed E-state index contributed by atoms with van der Waals surface area (Å²) in [5, 5.41) is 8.20. The van der Waals surface area contributed by atoms with Crippen molar-refractivity contribution in [3.8, 4) is 0 Å². The summed E-state index contributed by atoms with van der Waals surface area (Å²) < 4.78 is 0. The number of pyridine rings is 1. The highest BCUT2D eigenvalue weighted by Crippen LogP contribution is 2.26. The molecule has 0 saturated heterocycles. The lowest BCUT2D eigenvalue weighted by Crippen LogP contribution is -2.19. The number of rotatable bonds is 2. The number of carbonyl (C=O) groups excluding carboxylic acids is 1. The minimum Gasteiger partial charge on any atom is -0.307 e. The van der Waals surface area contributed by atoms with Gasteiger partial charge in [0.25, 0.3) is 0 Å². The number of thiazole rings is 1. The Morgan fingerprint density at radius 2 is 2.10 bits per heavy atom. The van der Waals surface area contributed by atoms with E-state index in [1.165, 1.54) is 17.5 Å². The molecule has 0 fully saturated rings. The zero-order valence-corrected chi connectivity index (χ0v) is 13.0. The molecular formula is C13H15ClN4OS. The summed E-state index contributed by atoms with van der Waals surface area (Å²) in [5.41, 5.74) is 1.49. The first kappa shape index (κ1) is 14.7. The van der Waals surface area contributed by atoms with Crippen LogP contribution >= 0.6 is 22.9 Å². The van der Waals surface area contributed by atoms with E-state index < -0.39 is 0 Å². The van der Waals surface area contributed by atoms with Crippen molar-refractivity contribution in [3.63, 3.8) is 0 Å². The van der Waals surface area contributed by atoms with Gasteiger partial charge in [-0.05, 0) is 12.1 Å².